The van der Waals surface area contributed by atoms with Crippen molar-refractivity contribution in [2.24, 2.45) is 5.41 Å². The summed E-state index contributed by atoms with van der Waals surface area (Å²) in [6.45, 7) is 11.3. The molecule has 4 heteroatoms. The van der Waals surface area contributed by atoms with Crippen LogP contribution in [-0.2, 0) is 9.59 Å². The molecule has 0 aliphatic heterocycles. The average Bonchev–Trinajstić information content (AvgIpc) is 2.25. The van der Waals surface area contributed by atoms with E-state index in [1.165, 1.54) is 6.42 Å². The fourth-order valence-corrected chi connectivity index (χ4v) is 1.90. The molecule has 20 heavy (non-hydrogen) atoms. The summed E-state index contributed by atoms with van der Waals surface area (Å²) in [4.78, 5) is 22.9. The van der Waals surface area contributed by atoms with Crippen molar-refractivity contribution in [2.45, 2.75) is 79.2 Å². The van der Waals surface area contributed by atoms with Gasteiger partial charge >= 0.3 is 0 Å². The Morgan fingerprint density at radius 1 is 0.950 bits per heavy atom. The third-order valence-electron chi connectivity index (χ3n) is 2.93. The quantitative estimate of drug-likeness (QED) is 0.639. The van der Waals surface area contributed by atoms with Crippen molar-refractivity contribution in [1.82, 2.24) is 10.6 Å². The zero-order valence-corrected chi connectivity index (χ0v) is 13.8. The van der Waals surface area contributed by atoms with Crippen LogP contribution in [0.3, 0.4) is 0 Å². The van der Waals surface area contributed by atoms with Gasteiger partial charge in [0.25, 0.3) is 0 Å². The fourth-order valence-electron chi connectivity index (χ4n) is 1.90. The maximum absolute atomic E-state index is 11.6. The van der Waals surface area contributed by atoms with Gasteiger partial charge in [-0.3, -0.25) is 9.59 Å². The molecule has 0 fully saturated rings. The number of carbonyl (C=O) groups excluding carboxylic acids is 2. The van der Waals surface area contributed by atoms with Gasteiger partial charge in [0.15, 0.2) is 0 Å². The highest BCUT2D eigenvalue weighted by Crippen LogP contribution is 2.21. The van der Waals surface area contributed by atoms with Crippen molar-refractivity contribution >= 4 is 11.8 Å². The second-order valence-electron chi connectivity index (χ2n) is 6.94. The molecular weight excluding hydrogens is 252 g/mol. The van der Waals surface area contributed by atoms with Crippen LogP contribution in [0.15, 0.2) is 0 Å². The molecule has 0 aromatic rings. The maximum Gasteiger partial charge on any atom is 0.220 e. The molecule has 0 unspecified atom stereocenters. The molecule has 0 spiro atoms. The molecule has 2 amide bonds. The van der Waals surface area contributed by atoms with Crippen LogP contribution in [-0.4, -0.2) is 24.4 Å². The number of hydrogen-bond donors (Lipinski definition) is 2. The van der Waals surface area contributed by atoms with E-state index in [0.717, 1.165) is 19.4 Å². The lowest BCUT2D eigenvalue weighted by atomic mass is 9.90. The van der Waals surface area contributed by atoms with Crippen LogP contribution in [0.5, 0.6) is 0 Å². The predicted octanol–water partition coefficient (Wildman–Crippen LogP) is 3.01. The summed E-state index contributed by atoms with van der Waals surface area (Å²) in [7, 11) is 0. The van der Waals surface area contributed by atoms with Gasteiger partial charge in [0.05, 0.1) is 0 Å². The molecule has 2 N–H and O–H groups in total. The van der Waals surface area contributed by atoms with E-state index in [1.54, 1.807) is 0 Å². The van der Waals surface area contributed by atoms with Gasteiger partial charge in [0, 0.05) is 25.4 Å². The maximum atomic E-state index is 11.6. The smallest absolute Gasteiger partial charge is 0.220 e. The summed E-state index contributed by atoms with van der Waals surface area (Å²) in [5, 5.41) is 5.73. The fraction of sp³-hybridized carbons (Fsp3) is 0.875. The molecule has 0 aliphatic rings. The minimum atomic E-state index is 0.0259. The van der Waals surface area contributed by atoms with E-state index in [-0.39, 0.29) is 17.9 Å². The van der Waals surface area contributed by atoms with E-state index < -0.39 is 0 Å². The molecule has 0 saturated heterocycles. The summed E-state index contributed by atoms with van der Waals surface area (Å²) in [5.74, 6) is 0.0797. The first-order chi connectivity index (χ1) is 9.20. The van der Waals surface area contributed by atoms with Gasteiger partial charge in [0.2, 0.25) is 11.8 Å². The summed E-state index contributed by atoms with van der Waals surface area (Å²) in [5.41, 5.74) is 0.369. The van der Waals surface area contributed by atoms with Gasteiger partial charge in [0.1, 0.15) is 0 Å². The van der Waals surface area contributed by atoms with E-state index in [9.17, 15) is 9.59 Å². The van der Waals surface area contributed by atoms with Gasteiger partial charge in [-0.2, -0.15) is 0 Å². The van der Waals surface area contributed by atoms with Crippen LogP contribution in [0.4, 0.5) is 0 Å². The minimum Gasteiger partial charge on any atom is -0.356 e. The number of amides is 2. The number of nitrogens with one attached hydrogen (secondary N) is 2. The molecule has 0 bridgehead atoms. The van der Waals surface area contributed by atoms with Crippen molar-refractivity contribution in [2.75, 3.05) is 6.54 Å². The van der Waals surface area contributed by atoms with Crippen LogP contribution >= 0.6 is 0 Å². The highest BCUT2D eigenvalue weighted by Gasteiger charge is 2.09. The van der Waals surface area contributed by atoms with Crippen LogP contribution < -0.4 is 10.6 Å². The van der Waals surface area contributed by atoms with E-state index >= 15 is 0 Å². The van der Waals surface area contributed by atoms with Gasteiger partial charge in [-0.05, 0) is 38.5 Å². The Morgan fingerprint density at radius 3 is 2.10 bits per heavy atom. The Morgan fingerprint density at radius 2 is 1.55 bits per heavy atom. The first kappa shape index (κ1) is 18.9. The monoisotopic (exact) mass is 284 g/mol. The molecule has 0 atom stereocenters. The predicted molar refractivity (Wildman–Crippen MR) is 83.4 cm³/mol. The molecule has 0 radical (unpaired) electrons. The van der Waals surface area contributed by atoms with Crippen molar-refractivity contribution in [1.29, 1.82) is 0 Å². The van der Waals surface area contributed by atoms with E-state index in [1.807, 2.05) is 13.8 Å². The number of unbranched alkanes of at least 4 members (excludes halogenated alkanes) is 1. The van der Waals surface area contributed by atoms with Gasteiger partial charge in [-0.25, -0.2) is 0 Å². The molecule has 0 saturated carbocycles. The summed E-state index contributed by atoms with van der Waals surface area (Å²) >= 11 is 0. The number of hydrogen-bond acceptors (Lipinski definition) is 2. The van der Waals surface area contributed by atoms with Crippen molar-refractivity contribution < 1.29 is 9.59 Å². The molecule has 4 nitrogen and oxygen atoms in total. The Balaban J connectivity index is 3.48. The van der Waals surface area contributed by atoms with Crippen LogP contribution in [0, 0.1) is 5.41 Å². The lowest BCUT2D eigenvalue weighted by molar-refractivity contribution is -0.122. The lowest BCUT2D eigenvalue weighted by Crippen LogP contribution is -2.30. The van der Waals surface area contributed by atoms with E-state index in [4.69, 9.17) is 0 Å². The topological polar surface area (TPSA) is 58.2 Å². The van der Waals surface area contributed by atoms with Crippen LogP contribution in [0.25, 0.3) is 0 Å². The summed E-state index contributed by atoms with van der Waals surface area (Å²) in [6, 6.07) is 0.166. The molecule has 118 valence electrons. The Labute approximate surface area is 124 Å². The summed E-state index contributed by atoms with van der Waals surface area (Å²) in [6.07, 6.45) is 4.82. The number of carbonyl (C=O) groups is 2. The number of rotatable bonds is 9. The van der Waals surface area contributed by atoms with E-state index in [0.29, 0.717) is 24.7 Å². The van der Waals surface area contributed by atoms with Gasteiger partial charge < -0.3 is 10.6 Å². The highest BCUT2D eigenvalue weighted by atomic mass is 16.2. The average molecular weight is 284 g/mol. The highest BCUT2D eigenvalue weighted by molar-refractivity contribution is 5.78. The minimum absolute atomic E-state index is 0.0259. The third kappa shape index (κ3) is 13.4. The third-order valence-corrected chi connectivity index (χ3v) is 2.93. The second kappa shape index (κ2) is 9.78. The van der Waals surface area contributed by atoms with Gasteiger partial charge in [-0.15, -0.1) is 0 Å². The van der Waals surface area contributed by atoms with Crippen molar-refractivity contribution in [3.8, 4) is 0 Å². The van der Waals surface area contributed by atoms with Crippen LogP contribution in [0.2, 0.25) is 0 Å². The standard InChI is InChI=1S/C16H32N2O2/c1-13(2)18-15(20)10-8-9-14(19)17-12-7-6-11-16(3,4)5/h13H,6-12H2,1-5H3,(H,17,19)(H,18,20). The molecule has 0 heterocycles. The second-order valence-corrected chi connectivity index (χ2v) is 6.94. The molecule has 0 aromatic carbocycles. The Hall–Kier alpha value is -1.06. The first-order valence-electron chi connectivity index (χ1n) is 7.77. The zero-order chi connectivity index (χ0) is 15.6. The van der Waals surface area contributed by atoms with Crippen molar-refractivity contribution in [3.05, 3.63) is 0 Å². The Kier molecular flexibility index (Phi) is 9.26. The largest absolute Gasteiger partial charge is 0.356 e. The van der Waals surface area contributed by atoms with E-state index in [2.05, 4.69) is 31.4 Å². The molecule has 0 aliphatic carbocycles. The van der Waals surface area contributed by atoms with Crippen molar-refractivity contribution in [3.63, 3.8) is 0 Å². The first-order valence-corrected chi connectivity index (χ1v) is 7.77. The summed E-state index contributed by atoms with van der Waals surface area (Å²) < 4.78 is 0. The zero-order valence-electron chi connectivity index (χ0n) is 13.8. The van der Waals surface area contributed by atoms with Crippen LogP contribution in [0.1, 0.15) is 73.1 Å². The lowest BCUT2D eigenvalue weighted by Gasteiger charge is -2.17. The Bertz CT molecular complexity index is 293. The molecule has 0 aromatic heterocycles. The van der Waals surface area contributed by atoms with Gasteiger partial charge in [-0.1, -0.05) is 27.2 Å². The molecular formula is C16H32N2O2. The molecule has 0 rings (SSSR count). The normalized spacial score (nSPS) is 11.5. The SMILES string of the molecule is CC(C)NC(=O)CCCC(=O)NCCCCC(C)(C)C.